The Hall–Kier alpha value is -1.67. The van der Waals surface area contributed by atoms with E-state index >= 15 is 0 Å². The monoisotopic (exact) mass is 351 g/mol. The molecule has 1 aromatic heterocycles. The predicted octanol–water partition coefficient (Wildman–Crippen LogP) is 0.394. The highest BCUT2D eigenvalue weighted by Crippen LogP contribution is 2.18. The third-order valence-electron chi connectivity index (χ3n) is 4.53. The second-order valence-electron chi connectivity index (χ2n) is 6.27. The molecule has 0 spiro atoms. The lowest BCUT2D eigenvalue weighted by atomic mass is 10.3. The Labute approximate surface area is 146 Å². The number of hydrogen-bond donors (Lipinski definition) is 1. The first-order chi connectivity index (χ1) is 11.7. The summed E-state index contributed by atoms with van der Waals surface area (Å²) >= 11 is 1.66. The molecule has 2 aliphatic rings. The van der Waals surface area contributed by atoms with Crippen LogP contribution in [-0.4, -0.2) is 79.0 Å². The van der Waals surface area contributed by atoms with Crippen molar-refractivity contribution in [2.24, 2.45) is 0 Å². The SMILES string of the molecule is O=C(CN1CCN(c2nccs2)CC1)NCCCN1CCCC1=O. The molecule has 0 saturated carbocycles. The van der Waals surface area contributed by atoms with Gasteiger partial charge in [0, 0.05) is 63.8 Å². The molecular weight excluding hydrogens is 326 g/mol. The maximum Gasteiger partial charge on any atom is 0.234 e. The van der Waals surface area contributed by atoms with Gasteiger partial charge in [-0.15, -0.1) is 11.3 Å². The minimum Gasteiger partial charge on any atom is -0.355 e. The van der Waals surface area contributed by atoms with E-state index in [1.807, 2.05) is 16.5 Å². The van der Waals surface area contributed by atoms with Crippen molar-refractivity contribution in [3.8, 4) is 0 Å². The fourth-order valence-electron chi connectivity index (χ4n) is 3.17. The summed E-state index contributed by atoms with van der Waals surface area (Å²) in [5.41, 5.74) is 0. The van der Waals surface area contributed by atoms with Gasteiger partial charge in [0.15, 0.2) is 5.13 Å². The molecule has 2 fully saturated rings. The molecule has 2 saturated heterocycles. The minimum atomic E-state index is 0.0745. The zero-order valence-electron chi connectivity index (χ0n) is 13.9. The van der Waals surface area contributed by atoms with Crippen LogP contribution >= 0.6 is 11.3 Å². The van der Waals surface area contributed by atoms with E-state index in [2.05, 4.69) is 20.1 Å². The van der Waals surface area contributed by atoms with E-state index in [1.165, 1.54) is 0 Å². The molecule has 3 heterocycles. The van der Waals surface area contributed by atoms with Gasteiger partial charge in [0.1, 0.15) is 0 Å². The molecule has 8 heteroatoms. The van der Waals surface area contributed by atoms with Gasteiger partial charge in [-0.25, -0.2) is 4.98 Å². The largest absolute Gasteiger partial charge is 0.355 e. The smallest absolute Gasteiger partial charge is 0.234 e. The Balaban J connectivity index is 1.28. The second kappa shape index (κ2) is 8.43. The number of aromatic nitrogens is 1. The summed E-state index contributed by atoms with van der Waals surface area (Å²) in [5.74, 6) is 0.324. The van der Waals surface area contributed by atoms with Crippen molar-refractivity contribution in [2.75, 3.05) is 57.3 Å². The second-order valence-corrected chi connectivity index (χ2v) is 7.14. The van der Waals surface area contributed by atoms with Crippen molar-refractivity contribution in [1.29, 1.82) is 0 Å². The van der Waals surface area contributed by atoms with Crippen LogP contribution in [0.1, 0.15) is 19.3 Å². The minimum absolute atomic E-state index is 0.0745. The fourth-order valence-corrected chi connectivity index (χ4v) is 3.86. The number of carbonyl (C=O) groups is 2. The number of hydrogen-bond acceptors (Lipinski definition) is 6. The van der Waals surface area contributed by atoms with Gasteiger partial charge in [-0.3, -0.25) is 14.5 Å². The molecule has 1 N–H and O–H groups in total. The Morgan fingerprint density at radius 2 is 2.08 bits per heavy atom. The Kier molecular flexibility index (Phi) is 6.03. The van der Waals surface area contributed by atoms with Crippen LogP contribution in [0.15, 0.2) is 11.6 Å². The average molecular weight is 351 g/mol. The van der Waals surface area contributed by atoms with Gasteiger partial charge in [0.25, 0.3) is 0 Å². The van der Waals surface area contributed by atoms with Crippen LogP contribution in [0, 0.1) is 0 Å². The molecule has 0 radical (unpaired) electrons. The summed E-state index contributed by atoms with van der Waals surface area (Å²) in [6.07, 6.45) is 4.31. The van der Waals surface area contributed by atoms with Crippen LogP contribution < -0.4 is 10.2 Å². The van der Waals surface area contributed by atoms with Crippen molar-refractivity contribution in [1.82, 2.24) is 20.1 Å². The van der Waals surface area contributed by atoms with E-state index in [1.54, 1.807) is 11.3 Å². The highest BCUT2D eigenvalue weighted by atomic mass is 32.1. The first-order valence-electron chi connectivity index (χ1n) is 8.63. The number of piperazine rings is 1. The summed E-state index contributed by atoms with van der Waals surface area (Å²) in [6, 6.07) is 0. The molecular formula is C16H25N5O2S. The van der Waals surface area contributed by atoms with Gasteiger partial charge in [0.2, 0.25) is 11.8 Å². The molecule has 0 aliphatic carbocycles. The van der Waals surface area contributed by atoms with Crippen molar-refractivity contribution < 1.29 is 9.59 Å². The predicted molar refractivity (Wildman–Crippen MR) is 94.2 cm³/mol. The highest BCUT2D eigenvalue weighted by Gasteiger charge is 2.21. The number of carbonyl (C=O) groups excluding carboxylic acids is 2. The van der Waals surface area contributed by atoms with Gasteiger partial charge in [-0.05, 0) is 12.8 Å². The summed E-state index contributed by atoms with van der Waals surface area (Å²) in [5, 5.41) is 6.02. The van der Waals surface area contributed by atoms with Crippen LogP contribution in [0.5, 0.6) is 0 Å². The first kappa shape index (κ1) is 17.2. The molecule has 0 aromatic carbocycles. The van der Waals surface area contributed by atoms with Gasteiger partial charge in [-0.1, -0.05) is 0 Å². The maximum atomic E-state index is 12.0. The van der Waals surface area contributed by atoms with Gasteiger partial charge in [-0.2, -0.15) is 0 Å². The van der Waals surface area contributed by atoms with Crippen molar-refractivity contribution >= 4 is 28.3 Å². The van der Waals surface area contributed by atoms with E-state index in [9.17, 15) is 9.59 Å². The zero-order valence-corrected chi connectivity index (χ0v) is 14.8. The summed E-state index contributed by atoms with van der Waals surface area (Å²) in [7, 11) is 0. The number of nitrogens with one attached hydrogen (secondary N) is 1. The molecule has 7 nitrogen and oxygen atoms in total. The molecule has 3 rings (SSSR count). The van der Waals surface area contributed by atoms with Crippen LogP contribution in [0.3, 0.4) is 0 Å². The number of thiazole rings is 1. The summed E-state index contributed by atoms with van der Waals surface area (Å²) in [6.45, 7) is 6.32. The highest BCUT2D eigenvalue weighted by molar-refractivity contribution is 7.13. The lowest BCUT2D eigenvalue weighted by Gasteiger charge is -2.34. The number of amides is 2. The van der Waals surface area contributed by atoms with E-state index in [4.69, 9.17) is 0 Å². The lowest BCUT2D eigenvalue weighted by Crippen LogP contribution is -2.49. The van der Waals surface area contributed by atoms with Crippen LogP contribution in [-0.2, 0) is 9.59 Å². The molecule has 2 aliphatic heterocycles. The maximum absolute atomic E-state index is 12.0. The van der Waals surface area contributed by atoms with E-state index in [0.717, 1.165) is 57.2 Å². The van der Waals surface area contributed by atoms with E-state index < -0.39 is 0 Å². The molecule has 132 valence electrons. The van der Waals surface area contributed by atoms with Gasteiger partial charge >= 0.3 is 0 Å². The van der Waals surface area contributed by atoms with Crippen LogP contribution in [0.4, 0.5) is 5.13 Å². The van der Waals surface area contributed by atoms with Crippen molar-refractivity contribution in [3.63, 3.8) is 0 Å². The number of nitrogens with zero attached hydrogens (tertiary/aromatic N) is 4. The third kappa shape index (κ3) is 4.67. The Morgan fingerprint density at radius 1 is 1.25 bits per heavy atom. The van der Waals surface area contributed by atoms with Crippen molar-refractivity contribution in [3.05, 3.63) is 11.6 Å². The molecule has 24 heavy (non-hydrogen) atoms. The zero-order chi connectivity index (χ0) is 16.8. The molecule has 0 unspecified atom stereocenters. The number of rotatable bonds is 7. The molecule has 0 bridgehead atoms. The Bertz CT molecular complexity index is 543. The van der Waals surface area contributed by atoms with E-state index in [0.29, 0.717) is 19.5 Å². The van der Waals surface area contributed by atoms with Gasteiger partial charge in [0.05, 0.1) is 6.54 Å². The van der Waals surface area contributed by atoms with Crippen molar-refractivity contribution in [2.45, 2.75) is 19.3 Å². The standard InChI is InChI=1S/C16H25N5O2S/c22-14(17-4-2-7-20-6-1-3-15(20)23)13-19-8-10-21(11-9-19)16-18-5-12-24-16/h5,12H,1-4,6-11,13H2,(H,17,22). The normalized spacial score (nSPS) is 19.1. The lowest BCUT2D eigenvalue weighted by molar-refractivity contribution is -0.127. The van der Waals surface area contributed by atoms with E-state index in [-0.39, 0.29) is 11.8 Å². The summed E-state index contributed by atoms with van der Waals surface area (Å²) < 4.78 is 0. The summed E-state index contributed by atoms with van der Waals surface area (Å²) in [4.78, 5) is 34.2. The number of anilines is 1. The first-order valence-corrected chi connectivity index (χ1v) is 9.51. The van der Waals surface area contributed by atoms with Crippen LogP contribution in [0.25, 0.3) is 0 Å². The fraction of sp³-hybridized carbons (Fsp3) is 0.688. The molecule has 1 aromatic rings. The molecule has 0 atom stereocenters. The topological polar surface area (TPSA) is 68.8 Å². The van der Waals surface area contributed by atoms with Gasteiger partial charge < -0.3 is 15.1 Å². The van der Waals surface area contributed by atoms with Crippen LogP contribution in [0.2, 0.25) is 0 Å². The Morgan fingerprint density at radius 3 is 2.75 bits per heavy atom. The third-order valence-corrected chi connectivity index (χ3v) is 5.36. The average Bonchev–Trinajstić information content (AvgIpc) is 3.24. The number of likely N-dealkylation sites (tertiary alicyclic amines) is 1. The quantitative estimate of drug-likeness (QED) is 0.720. The molecule has 2 amide bonds.